The topological polar surface area (TPSA) is 106 Å². The Balaban J connectivity index is 1.60. The number of benzene rings is 1. The highest BCUT2D eigenvalue weighted by Crippen LogP contribution is 2.51. The van der Waals surface area contributed by atoms with Gasteiger partial charge in [0.1, 0.15) is 23.2 Å². The van der Waals surface area contributed by atoms with Gasteiger partial charge in [0.2, 0.25) is 5.88 Å². The fraction of sp³-hybridized carbons (Fsp3) is 0.545. The third kappa shape index (κ3) is 6.24. The Bertz CT molecular complexity index is 1840. The standard InChI is InChI=1S/C33H38ClF5N6O4/c1-15-26-20-8-10-32(5,45(20)30(46)49-31(2,3)4)14-44(26)28-22-21(23(34)19(41-28)9-11-43(6)7)24(36)25(42-29(22)47-15)17-12-16(40)13-18(35)27(17)48-33(37,38)39/h12-13,15,20,26H,8-11,14,40H2,1-7H3/t15-,20-,26+,32+/m0/s1. The minimum absolute atomic E-state index is 0.0954. The summed E-state index contributed by atoms with van der Waals surface area (Å²) in [6.07, 6.45) is -4.95. The number of fused-ring (bicyclic) bond motifs is 5. The first-order chi connectivity index (χ1) is 22.7. The number of piperazine rings is 1. The molecular weight excluding hydrogens is 675 g/mol. The van der Waals surface area contributed by atoms with Gasteiger partial charge in [0.25, 0.3) is 0 Å². The normalized spacial score (nSPS) is 23.4. The van der Waals surface area contributed by atoms with E-state index in [4.69, 9.17) is 31.8 Å². The summed E-state index contributed by atoms with van der Waals surface area (Å²) in [4.78, 5) is 28.6. The molecule has 5 heterocycles. The van der Waals surface area contributed by atoms with Gasteiger partial charge in [0.05, 0.1) is 39.3 Å². The molecule has 2 bridgehead atoms. The Kier molecular flexibility index (Phi) is 8.49. The highest BCUT2D eigenvalue weighted by Gasteiger charge is 2.59. The van der Waals surface area contributed by atoms with Crippen LogP contribution in [-0.2, 0) is 11.2 Å². The molecule has 0 radical (unpaired) electrons. The summed E-state index contributed by atoms with van der Waals surface area (Å²) in [7, 11) is 3.70. The predicted molar refractivity (Wildman–Crippen MR) is 174 cm³/mol. The van der Waals surface area contributed by atoms with Crippen LogP contribution >= 0.6 is 11.6 Å². The van der Waals surface area contributed by atoms with Crippen molar-refractivity contribution in [1.82, 2.24) is 19.8 Å². The van der Waals surface area contributed by atoms with Crippen molar-refractivity contribution in [2.45, 2.75) is 89.6 Å². The van der Waals surface area contributed by atoms with Crippen molar-refractivity contribution in [3.8, 4) is 22.9 Å². The van der Waals surface area contributed by atoms with Crippen LogP contribution in [0.15, 0.2) is 12.1 Å². The summed E-state index contributed by atoms with van der Waals surface area (Å²) in [5.41, 5.74) is 3.02. The molecule has 0 spiro atoms. The van der Waals surface area contributed by atoms with Crippen molar-refractivity contribution in [2.24, 2.45) is 0 Å². The van der Waals surface area contributed by atoms with Crippen LogP contribution in [0, 0.1) is 11.6 Å². The number of likely N-dealkylation sites (N-methyl/N-ethyl adjacent to an activating group) is 1. The minimum atomic E-state index is -5.32. The fourth-order valence-corrected chi connectivity index (χ4v) is 7.59. The summed E-state index contributed by atoms with van der Waals surface area (Å²) in [5, 5.41) is -0.200. The van der Waals surface area contributed by atoms with Gasteiger partial charge < -0.3 is 29.7 Å². The van der Waals surface area contributed by atoms with Crippen molar-refractivity contribution < 1.29 is 41.0 Å². The van der Waals surface area contributed by atoms with Crippen LogP contribution in [0.2, 0.25) is 5.02 Å². The van der Waals surface area contributed by atoms with Crippen LogP contribution in [0.4, 0.5) is 38.3 Å². The van der Waals surface area contributed by atoms with Gasteiger partial charge in [-0.05, 0) is 67.6 Å². The maximum atomic E-state index is 17.0. The molecule has 0 unspecified atom stereocenters. The number of amides is 1. The predicted octanol–water partition coefficient (Wildman–Crippen LogP) is 6.94. The molecule has 6 rings (SSSR count). The number of alkyl halides is 3. The van der Waals surface area contributed by atoms with E-state index in [1.54, 1.807) is 32.6 Å². The third-order valence-electron chi connectivity index (χ3n) is 9.17. The van der Waals surface area contributed by atoms with E-state index in [1.165, 1.54) is 0 Å². The van der Waals surface area contributed by atoms with E-state index < -0.39 is 70.4 Å². The van der Waals surface area contributed by atoms with E-state index in [-0.39, 0.29) is 40.3 Å². The number of halogens is 6. The summed E-state index contributed by atoms with van der Waals surface area (Å²) < 4.78 is 88.7. The Morgan fingerprint density at radius 1 is 1.18 bits per heavy atom. The molecule has 16 heteroatoms. The van der Waals surface area contributed by atoms with Gasteiger partial charge in [-0.25, -0.2) is 23.5 Å². The third-order valence-corrected chi connectivity index (χ3v) is 9.58. The molecule has 3 aromatic rings. The van der Waals surface area contributed by atoms with Crippen LogP contribution in [0.25, 0.3) is 22.0 Å². The van der Waals surface area contributed by atoms with Gasteiger partial charge in [-0.3, -0.25) is 4.90 Å². The van der Waals surface area contributed by atoms with Gasteiger partial charge in [0, 0.05) is 36.7 Å². The number of nitrogens with two attached hydrogens (primary N) is 1. The molecule has 2 fully saturated rings. The second-order valence-electron chi connectivity index (χ2n) is 14.4. The number of pyridine rings is 2. The molecule has 3 aliphatic rings. The molecule has 0 aliphatic carbocycles. The lowest BCUT2D eigenvalue weighted by atomic mass is 9.93. The van der Waals surface area contributed by atoms with Crippen LogP contribution in [0.3, 0.4) is 0 Å². The lowest BCUT2D eigenvalue weighted by Crippen LogP contribution is -2.69. The number of rotatable bonds is 5. The first-order valence-corrected chi connectivity index (χ1v) is 16.2. The van der Waals surface area contributed by atoms with E-state index in [0.29, 0.717) is 37.0 Å². The molecule has 10 nitrogen and oxygen atoms in total. The van der Waals surface area contributed by atoms with Crippen LogP contribution in [0.5, 0.6) is 11.6 Å². The zero-order valence-corrected chi connectivity index (χ0v) is 28.9. The maximum absolute atomic E-state index is 17.0. The first-order valence-electron chi connectivity index (χ1n) is 15.9. The molecule has 266 valence electrons. The zero-order chi connectivity index (χ0) is 36.0. The van der Waals surface area contributed by atoms with Crippen LogP contribution < -0.4 is 20.1 Å². The van der Waals surface area contributed by atoms with Crippen LogP contribution in [-0.4, -0.2) is 88.7 Å². The fourth-order valence-electron chi connectivity index (χ4n) is 7.27. The number of nitrogens with zero attached hydrogens (tertiary/aromatic N) is 5. The molecule has 2 aromatic heterocycles. The Labute approximate surface area is 285 Å². The minimum Gasteiger partial charge on any atom is -0.472 e. The van der Waals surface area contributed by atoms with Crippen LogP contribution in [0.1, 0.15) is 53.2 Å². The first kappa shape index (κ1) is 35.0. The summed E-state index contributed by atoms with van der Waals surface area (Å²) in [6.45, 7) is 9.86. The van der Waals surface area contributed by atoms with Crippen molar-refractivity contribution in [3.63, 3.8) is 0 Å². The number of carbonyl (C=O) groups excluding carboxylic acids is 1. The molecule has 3 aliphatic heterocycles. The average Bonchev–Trinajstić information content (AvgIpc) is 3.14. The molecular formula is C33H38ClF5N6O4. The maximum Gasteiger partial charge on any atom is 0.573 e. The molecule has 2 N–H and O–H groups in total. The SMILES string of the molecule is C[C@@H]1Oc2nc(-c3cc(N)cc(F)c3OC(F)(F)F)c(F)c3c(Cl)c(CCN(C)C)nc(c23)N2C[C@@]3(C)CC[C@@H]([C@@H]12)N3C(=O)OC(C)(C)C. The highest BCUT2D eigenvalue weighted by molar-refractivity contribution is 6.37. The molecule has 2 saturated heterocycles. The molecule has 0 saturated carbocycles. The number of hydrogen-bond acceptors (Lipinski definition) is 9. The zero-order valence-electron chi connectivity index (χ0n) is 28.1. The average molecular weight is 713 g/mol. The van der Waals surface area contributed by atoms with Gasteiger partial charge in [-0.1, -0.05) is 11.6 Å². The van der Waals surface area contributed by atoms with E-state index in [1.807, 2.05) is 30.8 Å². The lowest BCUT2D eigenvalue weighted by molar-refractivity contribution is -0.275. The molecule has 49 heavy (non-hydrogen) atoms. The number of carbonyl (C=O) groups is 1. The largest absolute Gasteiger partial charge is 0.573 e. The number of nitrogen functional groups attached to an aromatic ring is 1. The quantitative estimate of drug-likeness (QED) is 0.223. The number of hydrogen-bond donors (Lipinski definition) is 1. The Morgan fingerprint density at radius 3 is 2.51 bits per heavy atom. The van der Waals surface area contributed by atoms with Crippen molar-refractivity contribution in [1.29, 1.82) is 0 Å². The number of ether oxygens (including phenoxy) is 3. The monoisotopic (exact) mass is 712 g/mol. The van der Waals surface area contributed by atoms with Gasteiger partial charge in [0.15, 0.2) is 17.4 Å². The van der Waals surface area contributed by atoms with Gasteiger partial charge in [-0.15, -0.1) is 13.2 Å². The lowest BCUT2D eigenvalue weighted by Gasteiger charge is -2.52. The number of anilines is 2. The van der Waals surface area contributed by atoms with Crippen molar-refractivity contribution in [3.05, 3.63) is 34.5 Å². The molecule has 1 aromatic carbocycles. The van der Waals surface area contributed by atoms with Crippen molar-refractivity contribution >= 4 is 40.0 Å². The summed E-state index contributed by atoms with van der Waals surface area (Å²) >= 11 is 6.91. The Morgan fingerprint density at radius 2 is 1.88 bits per heavy atom. The summed E-state index contributed by atoms with van der Waals surface area (Å²) in [5.74, 6) is -3.78. The van der Waals surface area contributed by atoms with E-state index in [2.05, 4.69) is 9.72 Å². The second kappa shape index (κ2) is 11.9. The highest BCUT2D eigenvalue weighted by atomic mass is 35.5. The van der Waals surface area contributed by atoms with E-state index in [9.17, 15) is 18.0 Å². The smallest absolute Gasteiger partial charge is 0.472 e. The van der Waals surface area contributed by atoms with Gasteiger partial charge in [-0.2, -0.15) is 0 Å². The second-order valence-corrected chi connectivity index (χ2v) is 14.8. The van der Waals surface area contributed by atoms with Crippen molar-refractivity contribution in [2.75, 3.05) is 37.8 Å². The summed E-state index contributed by atoms with van der Waals surface area (Å²) in [6, 6.07) is 0.653. The number of aromatic nitrogens is 2. The van der Waals surface area contributed by atoms with Gasteiger partial charge >= 0.3 is 12.5 Å². The Hall–Kier alpha value is -3.85. The molecule has 1 amide bonds. The molecule has 4 atom stereocenters. The van der Waals surface area contributed by atoms with E-state index >= 15 is 8.78 Å². The van der Waals surface area contributed by atoms with E-state index in [0.717, 1.165) is 6.07 Å².